The maximum Gasteiger partial charge on any atom is 0.245 e. The van der Waals surface area contributed by atoms with Crippen LogP contribution in [0.1, 0.15) is 58.1 Å². The average Bonchev–Trinajstić information content (AvgIpc) is 3.45. The van der Waals surface area contributed by atoms with Crippen LogP contribution in [0.25, 0.3) is 0 Å². The summed E-state index contributed by atoms with van der Waals surface area (Å²) in [4.78, 5) is 43.8. The van der Waals surface area contributed by atoms with Crippen molar-refractivity contribution in [1.29, 1.82) is 0 Å². The molecule has 2 aromatic carbocycles. The van der Waals surface area contributed by atoms with E-state index in [1.807, 2.05) is 62.4 Å². The fraction of sp³-hybridized carbons (Fsp3) is 0.516. The van der Waals surface area contributed by atoms with E-state index in [4.69, 9.17) is 4.74 Å². The molecule has 5 rings (SSSR count). The van der Waals surface area contributed by atoms with Gasteiger partial charge in [0.1, 0.15) is 11.6 Å². The van der Waals surface area contributed by atoms with Crippen LogP contribution in [0.3, 0.4) is 0 Å². The third-order valence-electron chi connectivity index (χ3n) is 9.10. The lowest BCUT2D eigenvalue weighted by atomic mass is 9.62. The molecule has 3 fully saturated rings. The van der Waals surface area contributed by atoms with Crippen molar-refractivity contribution in [3.63, 3.8) is 0 Å². The van der Waals surface area contributed by atoms with E-state index in [0.717, 1.165) is 24.8 Å². The number of likely N-dealkylation sites (tertiary alicyclic amines) is 1. The summed E-state index contributed by atoms with van der Waals surface area (Å²) in [5, 5.41) is 16.6. The van der Waals surface area contributed by atoms with Gasteiger partial charge in [-0.05, 0) is 43.4 Å². The monoisotopic (exact) mass is 533 g/mol. The molecule has 0 radical (unpaired) electrons. The van der Waals surface area contributed by atoms with Crippen molar-refractivity contribution in [3.8, 4) is 0 Å². The molecule has 3 saturated heterocycles. The molecule has 2 aromatic rings. The van der Waals surface area contributed by atoms with E-state index < -0.39 is 35.1 Å². The molecule has 7 atom stereocenters. The molecule has 39 heavy (non-hydrogen) atoms. The highest BCUT2D eigenvalue weighted by molar-refractivity contribution is 6.02. The van der Waals surface area contributed by atoms with Crippen LogP contribution >= 0.6 is 0 Å². The lowest BCUT2D eigenvalue weighted by Crippen LogP contribution is -2.56. The quantitative estimate of drug-likeness (QED) is 0.404. The number of nitrogens with one attached hydrogen (secondary N) is 2. The number of hydrogen-bond acceptors (Lipinski definition) is 5. The summed E-state index contributed by atoms with van der Waals surface area (Å²) in [7, 11) is 0. The maximum atomic E-state index is 14.4. The van der Waals surface area contributed by atoms with Gasteiger partial charge >= 0.3 is 0 Å². The normalized spacial score (nSPS) is 31.7. The van der Waals surface area contributed by atoms with Crippen molar-refractivity contribution in [2.45, 2.75) is 69.7 Å². The zero-order valence-corrected chi connectivity index (χ0v) is 22.9. The number of aliphatic hydroxyl groups excluding tert-OH is 1. The summed E-state index contributed by atoms with van der Waals surface area (Å²) in [6, 6.07) is 16.7. The zero-order chi connectivity index (χ0) is 27.8. The van der Waals surface area contributed by atoms with Crippen LogP contribution in [-0.4, -0.2) is 58.1 Å². The van der Waals surface area contributed by atoms with Crippen LogP contribution in [0.2, 0.25) is 0 Å². The maximum absolute atomic E-state index is 14.4. The first-order valence-electron chi connectivity index (χ1n) is 14.1. The van der Waals surface area contributed by atoms with Gasteiger partial charge in [-0.25, -0.2) is 0 Å². The van der Waals surface area contributed by atoms with Gasteiger partial charge in [0.05, 0.1) is 30.1 Å². The number of amides is 3. The van der Waals surface area contributed by atoms with E-state index in [1.54, 1.807) is 12.1 Å². The minimum absolute atomic E-state index is 0.0623. The number of aliphatic hydroxyl groups is 1. The smallest absolute Gasteiger partial charge is 0.245 e. The Morgan fingerprint density at radius 3 is 2.38 bits per heavy atom. The van der Waals surface area contributed by atoms with Crippen LogP contribution in [0, 0.1) is 17.8 Å². The summed E-state index contributed by atoms with van der Waals surface area (Å²) < 4.78 is 6.78. The molecule has 3 aliphatic rings. The predicted octanol–water partition coefficient (Wildman–Crippen LogP) is 3.68. The minimum atomic E-state index is -1.17. The second kappa shape index (κ2) is 10.7. The van der Waals surface area contributed by atoms with Gasteiger partial charge in [0, 0.05) is 12.2 Å². The SMILES string of the molecule is CCCCCNC(=O)C1N([C@H](CO)c2ccccc2)C(=O)[C@@H]2[C@@H](C(=O)Nc3ccccc3)[C@]3(C)OC12CC3C. The summed E-state index contributed by atoms with van der Waals surface area (Å²) >= 11 is 0. The third-order valence-corrected chi connectivity index (χ3v) is 9.10. The topological polar surface area (TPSA) is 108 Å². The number of rotatable bonds is 10. The molecule has 3 heterocycles. The van der Waals surface area contributed by atoms with Crippen LogP contribution in [-0.2, 0) is 19.1 Å². The van der Waals surface area contributed by atoms with Crippen LogP contribution in [0.5, 0.6) is 0 Å². The first-order chi connectivity index (χ1) is 18.8. The van der Waals surface area contributed by atoms with Crippen molar-refractivity contribution in [3.05, 3.63) is 66.2 Å². The number of hydrogen-bond donors (Lipinski definition) is 3. The van der Waals surface area contributed by atoms with Crippen LogP contribution in [0.15, 0.2) is 60.7 Å². The molecule has 208 valence electrons. The Bertz CT molecular complexity index is 1210. The highest BCUT2D eigenvalue weighted by Crippen LogP contribution is 2.66. The number of nitrogens with zero attached hydrogens (tertiary/aromatic N) is 1. The summed E-state index contributed by atoms with van der Waals surface area (Å²) in [5.74, 6) is -2.60. The molecular weight excluding hydrogens is 494 g/mol. The molecule has 1 spiro atoms. The van der Waals surface area contributed by atoms with Crippen molar-refractivity contribution >= 4 is 23.4 Å². The van der Waals surface area contributed by atoms with Gasteiger partial charge < -0.3 is 25.4 Å². The molecule has 0 saturated carbocycles. The van der Waals surface area contributed by atoms with Crippen LogP contribution in [0.4, 0.5) is 5.69 Å². The lowest BCUT2D eigenvalue weighted by molar-refractivity contribution is -0.150. The average molecular weight is 534 g/mol. The lowest BCUT2D eigenvalue weighted by Gasteiger charge is -2.37. The number of anilines is 1. The first-order valence-corrected chi connectivity index (χ1v) is 14.1. The number of unbranched alkanes of at least 4 members (excludes halogenated alkanes) is 2. The Morgan fingerprint density at radius 1 is 1.08 bits per heavy atom. The van der Waals surface area contributed by atoms with Gasteiger partial charge in [0.25, 0.3) is 0 Å². The van der Waals surface area contributed by atoms with Gasteiger partial charge in [0.15, 0.2) is 0 Å². The van der Waals surface area contributed by atoms with Gasteiger partial charge in [-0.3, -0.25) is 14.4 Å². The Labute approximate surface area is 230 Å². The molecule has 8 heteroatoms. The summed E-state index contributed by atoms with van der Waals surface area (Å²) in [6.45, 7) is 6.16. The number of benzene rings is 2. The molecule has 8 nitrogen and oxygen atoms in total. The van der Waals surface area contributed by atoms with Gasteiger partial charge in [-0.2, -0.15) is 0 Å². The number of carbonyl (C=O) groups is 3. The van der Waals surface area contributed by atoms with Gasteiger partial charge in [0.2, 0.25) is 17.7 Å². The van der Waals surface area contributed by atoms with Gasteiger partial charge in [-0.15, -0.1) is 0 Å². The van der Waals surface area contributed by atoms with E-state index in [0.29, 0.717) is 18.7 Å². The molecule has 2 bridgehead atoms. The van der Waals surface area contributed by atoms with Crippen molar-refractivity contribution in [1.82, 2.24) is 10.2 Å². The Hall–Kier alpha value is -3.23. The van der Waals surface area contributed by atoms with Crippen LogP contribution < -0.4 is 10.6 Å². The predicted molar refractivity (Wildman–Crippen MR) is 147 cm³/mol. The second-order valence-corrected chi connectivity index (χ2v) is 11.4. The summed E-state index contributed by atoms with van der Waals surface area (Å²) in [6.07, 6.45) is 3.32. The molecule has 3 aliphatic heterocycles. The Balaban J connectivity index is 1.56. The molecule has 0 aromatic heterocycles. The molecular formula is C31H39N3O5. The zero-order valence-electron chi connectivity index (χ0n) is 22.9. The van der Waals surface area contributed by atoms with E-state index >= 15 is 0 Å². The molecule has 3 N–H and O–H groups in total. The first kappa shape index (κ1) is 27.3. The minimum Gasteiger partial charge on any atom is -0.394 e. The van der Waals surface area contributed by atoms with E-state index in [2.05, 4.69) is 17.6 Å². The number of carbonyl (C=O) groups excluding carboxylic acids is 3. The molecule has 3 amide bonds. The number of ether oxygens (including phenoxy) is 1. The molecule has 0 aliphatic carbocycles. The fourth-order valence-electron chi connectivity index (χ4n) is 7.17. The number of fused-ring (bicyclic) bond motifs is 1. The van der Waals surface area contributed by atoms with E-state index in [1.165, 1.54) is 4.90 Å². The van der Waals surface area contributed by atoms with E-state index in [9.17, 15) is 19.5 Å². The fourth-order valence-corrected chi connectivity index (χ4v) is 7.17. The standard InChI is InChI=1S/C31H39N3O5/c1-4-5-12-17-32-28(37)26-31-18-20(2)30(3,39-31)24(27(36)33-22-15-10-7-11-16-22)25(31)29(38)34(26)23(19-35)21-13-8-6-9-14-21/h6-11,13-16,20,23-26,35H,4-5,12,17-19H2,1-3H3,(H,32,37)(H,33,36)/t20?,23-,24+,25+,26?,30-,31?/m1/s1. The largest absolute Gasteiger partial charge is 0.394 e. The highest BCUT2D eigenvalue weighted by Gasteiger charge is 2.80. The Kier molecular flexibility index (Phi) is 7.53. The number of para-hydroxylation sites is 1. The third kappa shape index (κ3) is 4.43. The van der Waals surface area contributed by atoms with Crippen molar-refractivity contribution in [2.24, 2.45) is 17.8 Å². The Morgan fingerprint density at radius 2 is 1.74 bits per heavy atom. The summed E-state index contributed by atoms with van der Waals surface area (Å²) in [5.41, 5.74) is -0.706. The van der Waals surface area contributed by atoms with Crippen molar-refractivity contribution < 1.29 is 24.2 Å². The van der Waals surface area contributed by atoms with Gasteiger partial charge in [-0.1, -0.05) is 75.2 Å². The van der Waals surface area contributed by atoms with Crippen molar-refractivity contribution in [2.75, 3.05) is 18.5 Å². The molecule has 3 unspecified atom stereocenters. The highest BCUT2D eigenvalue weighted by atomic mass is 16.5. The second-order valence-electron chi connectivity index (χ2n) is 11.4. The van der Waals surface area contributed by atoms with E-state index in [-0.39, 0.29) is 30.2 Å².